The Balaban J connectivity index is 2.85. The molecule has 10 heavy (non-hydrogen) atoms. The predicted molar refractivity (Wildman–Crippen MR) is 39.6 cm³/mol. The van der Waals surface area contributed by atoms with Crippen molar-refractivity contribution in [1.29, 1.82) is 0 Å². The van der Waals surface area contributed by atoms with Gasteiger partial charge in [-0.25, -0.2) is 4.58 Å². The van der Waals surface area contributed by atoms with Crippen LogP contribution in [0.15, 0.2) is 18.5 Å². The van der Waals surface area contributed by atoms with E-state index in [-0.39, 0.29) is 0 Å². The predicted octanol–water partition coefficient (Wildman–Crippen LogP) is 0.841. The molecular formula is C7H10N3+. The van der Waals surface area contributed by atoms with Gasteiger partial charge in [0, 0.05) is 12.8 Å². The summed E-state index contributed by atoms with van der Waals surface area (Å²) in [6, 6.07) is 1.78. The molecule has 3 heteroatoms. The van der Waals surface area contributed by atoms with Crippen molar-refractivity contribution < 1.29 is 4.58 Å². The first-order valence-corrected chi connectivity index (χ1v) is 3.19. The van der Waals surface area contributed by atoms with Gasteiger partial charge < -0.3 is 0 Å². The zero-order chi connectivity index (χ0) is 7.40. The van der Waals surface area contributed by atoms with E-state index in [9.17, 15) is 0 Å². The van der Waals surface area contributed by atoms with Crippen molar-refractivity contribution in [3.05, 3.63) is 18.5 Å². The summed E-state index contributed by atoms with van der Waals surface area (Å²) in [5.41, 5.74) is 0. The van der Waals surface area contributed by atoms with Crippen LogP contribution in [0.4, 0.5) is 5.95 Å². The first-order chi connectivity index (χ1) is 4.84. The molecule has 0 aliphatic rings. The standard InChI is InChI=1S/C7H10N3/c1-3-10(2)7-8-5-4-6-9-7/h4-6H,2-3H2,1H3/q+1. The van der Waals surface area contributed by atoms with Crippen molar-refractivity contribution >= 4 is 12.7 Å². The summed E-state index contributed by atoms with van der Waals surface area (Å²) in [4.78, 5) is 8.00. The molecule has 0 bridgehead atoms. The van der Waals surface area contributed by atoms with E-state index in [4.69, 9.17) is 0 Å². The number of aromatic nitrogens is 2. The van der Waals surface area contributed by atoms with E-state index in [0.717, 1.165) is 6.54 Å². The third-order valence-electron chi connectivity index (χ3n) is 1.22. The Morgan fingerprint density at radius 1 is 1.50 bits per heavy atom. The molecule has 1 heterocycles. The van der Waals surface area contributed by atoms with Gasteiger partial charge in [-0.15, -0.1) is 0 Å². The maximum Gasteiger partial charge on any atom is 0.432 e. The first kappa shape index (κ1) is 6.86. The lowest BCUT2D eigenvalue weighted by molar-refractivity contribution is -0.435. The van der Waals surface area contributed by atoms with Crippen LogP contribution in [0.1, 0.15) is 6.92 Å². The van der Waals surface area contributed by atoms with E-state index in [1.807, 2.05) is 6.92 Å². The third kappa shape index (κ3) is 1.37. The van der Waals surface area contributed by atoms with E-state index in [0.29, 0.717) is 5.95 Å². The smallest absolute Gasteiger partial charge is 0.239 e. The van der Waals surface area contributed by atoms with E-state index in [2.05, 4.69) is 16.7 Å². The second-order valence-electron chi connectivity index (χ2n) is 1.90. The zero-order valence-electron chi connectivity index (χ0n) is 5.99. The molecule has 0 aliphatic carbocycles. The minimum absolute atomic E-state index is 0.671. The van der Waals surface area contributed by atoms with Crippen LogP contribution in [0.5, 0.6) is 0 Å². The highest BCUT2D eigenvalue weighted by Gasteiger charge is 2.03. The first-order valence-electron chi connectivity index (χ1n) is 3.19. The molecule has 1 aromatic heterocycles. The van der Waals surface area contributed by atoms with Crippen LogP contribution in [0.25, 0.3) is 0 Å². The van der Waals surface area contributed by atoms with Crippen molar-refractivity contribution in [3.63, 3.8) is 0 Å². The van der Waals surface area contributed by atoms with Gasteiger partial charge in [-0.2, -0.15) is 0 Å². The molecule has 0 unspecified atom stereocenters. The molecule has 52 valence electrons. The molecular weight excluding hydrogens is 126 g/mol. The van der Waals surface area contributed by atoms with Crippen LogP contribution >= 0.6 is 0 Å². The lowest BCUT2D eigenvalue weighted by Gasteiger charge is -1.92. The topological polar surface area (TPSA) is 28.8 Å². The molecule has 0 aliphatic heterocycles. The molecule has 0 saturated carbocycles. The lowest BCUT2D eigenvalue weighted by Crippen LogP contribution is -2.03. The van der Waals surface area contributed by atoms with Crippen LogP contribution in [-0.2, 0) is 0 Å². The molecule has 0 N–H and O–H groups in total. The molecule has 3 nitrogen and oxygen atoms in total. The number of rotatable bonds is 2. The van der Waals surface area contributed by atoms with Crippen molar-refractivity contribution in [2.24, 2.45) is 0 Å². The Labute approximate surface area is 60.1 Å². The van der Waals surface area contributed by atoms with Crippen molar-refractivity contribution in [2.45, 2.75) is 6.92 Å². The van der Waals surface area contributed by atoms with Gasteiger partial charge in [-0.05, 0) is 6.92 Å². The van der Waals surface area contributed by atoms with Gasteiger partial charge in [0.2, 0.25) is 0 Å². The molecule has 0 atom stereocenters. The molecule has 0 spiro atoms. The van der Waals surface area contributed by atoms with Crippen LogP contribution in [-0.4, -0.2) is 27.8 Å². The summed E-state index contributed by atoms with van der Waals surface area (Å²) in [6.45, 7) is 6.56. The summed E-state index contributed by atoms with van der Waals surface area (Å²) in [5.74, 6) is 0.671. The zero-order valence-corrected chi connectivity index (χ0v) is 5.99. The van der Waals surface area contributed by atoms with Gasteiger partial charge in [0.1, 0.15) is 12.4 Å². The van der Waals surface area contributed by atoms with Gasteiger partial charge in [-0.1, -0.05) is 9.97 Å². The minimum Gasteiger partial charge on any atom is -0.239 e. The van der Waals surface area contributed by atoms with Crippen molar-refractivity contribution in [1.82, 2.24) is 9.97 Å². The van der Waals surface area contributed by atoms with Gasteiger partial charge in [0.05, 0.1) is 6.54 Å². The number of hydrogen-bond acceptors (Lipinski definition) is 2. The number of hydrogen-bond donors (Lipinski definition) is 0. The summed E-state index contributed by atoms with van der Waals surface area (Å²) in [7, 11) is 0. The fourth-order valence-corrected chi connectivity index (χ4v) is 0.596. The van der Waals surface area contributed by atoms with Gasteiger partial charge in [-0.3, -0.25) is 0 Å². The lowest BCUT2D eigenvalue weighted by atomic mass is 10.6. The van der Waals surface area contributed by atoms with Gasteiger partial charge >= 0.3 is 5.95 Å². The highest BCUT2D eigenvalue weighted by molar-refractivity contribution is 5.20. The fraction of sp³-hybridized carbons (Fsp3) is 0.286. The Kier molecular flexibility index (Phi) is 2.10. The third-order valence-corrected chi connectivity index (χ3v) is 1.22. The number of nitrogens with zero attached hydrogens (tertiary/aromatic N) is 3. The average Bonchev–Trinajstić information content (AvgIpc) is 2.05. The van der Waals surface area contributed by atoms with Gasteiger partial charge in [0.15, 0.2) is 0 Å². The Morgan fingerprint density at radius 3 is 2.60 bits per heavy atom. The molecule has 0 radical (unpaired) electrons. The van der Waals surface area contributed by atoms with Crippen molar-refractivity contribution in [3.8, 4) is 0 Å². The normalized spacial score (nSPS) is 9.30. The highest BCUT2D eigenvalue weighted by atomic mass is 15.1. The van der Waals surface area contributed by atoms with Crippen molar-refractivity contribution in [2.75, 3.05) is 6.54 Å². The molecule has 0 aromatic carbocycles. The quantitative estimate of drug-likeness (QED) is 0.445. The second kappa shape index (κ2) is 3.06. The maximum atomic E-state index is 4.00. The van der Waals surface area contributed by atoms with E-state index >= 15 is 0 Å². The summed E-state index contributed by atoms with van der Waals surface area (Å²) in [6.07, 6.45) is 3.41. The summed E-state index contributed by atoms with van der Waals surface area (Å²) >= 11 is 0. The Morgan fingerprint density at radius 2 is 2.10 bits per heavy atom. The minimum atomic E-state index is 0.671. The van der Waals surface area contributed by atoms with Crippen LogP contribution < -0.4 is 0 Å². The summed E-state index contributed by atoms with van der Waals surface area (Å²) < 4.78 is 1.74. The van der Waals surface area contributed by atoms with Crippen LogP contribution in [0.3, 0.4) is 0 Å². The van der Waals surface area contributed by atoms with Crippen LogP contribution in [0, 0.1) is 0 Å². The van der Waals surface area contributed by atoms with Gasteiger partial charge in [0.25, 0.3) is 0 Å². The maximum absolute atomic E-state index is 4.00. The second-order valence-corrected chi connectivity index (χ2v) is 1.90. The van der Waals surface area contributed by atoms with Crippen LogP contribution in [0.2, 0.25) is 0 Å². The molecule has 0 fully saturated rings. The molecule has 1 rings (SSSR count). The monoisotopic (exact) mass is 136 g/mol. The Hall–Kier alpha value is -1.25. The van der Waals surface area contributed by atoms with E-state index < -0.39 is 0 Å². The van der Waals surface area contributed by atoms with E-state index in [1.165, 1.54) is 0 Å². The Bertz CT molecular complexity index is 218. The molecule has 0 amide bonds. The molecule has 0 saturated heterocycles. The largest absolute Gasteiger partial charge is 0.432 e. The van der Waals surface area contributed by atoms with E-state index in [1.54, 1.807) is 23.0 Å². The fourth-order valence-electron chi connectivity index (χ4n) is 0.596. The average molecular weight is 136 g/mol. The molecule has 1 aromatic rings. The highest BCUT2D eigenvalue weighted by Crippen LogP contribution is 1.96. The summed E-state index contributed by atoms with van der Waals surface area (Å²) in [5, 5.41) is 0. The SMILES string of the molecule is C=[N+](CC)c1ncccn1.